The third kappa shape index (κ3) is 3.95. The summed E-state index contributed by atoms with van der Waals surface area (Å²) in [5.74, 6) is -0.381. The number of benzene rings is 2. The predicted octanol–water partition coefficient (Wildman–Crippen LogP) is 3.30. The average Bonchev–Trinajstić information content (AvgIpc) is 2.48. The van der Waals surface area contributed by atoms with Crippen molar-refractivity contribution in [1.82, 2.24) is 0 Å². The number of para-hydroxylation sites is 1. The van der Waals surface area contributed by atoms with E-state index in [0.29, 0.717) is 0 Å². The second-order valence-electron chi connectivity index (χ2n) is 5.30. The van der Waals surface area contributed by atoms with Crippen molar-refractivity contribution in [3.8, 4) is 0 Å². The summed E-state index contributed by atoms with van der Waals surface area (Å²) >= 11 is 0. The van der Waals surface area contributed by atoms with Crippen LogP contribution in [0.25, 0.3) is 0 Å². The third-order valence-corrected chi connectivity index (χ3v) is 3.45. The zero-order valence-electron chi connectivity index (χ0n) is 13.1. The molecule has 2 rings (SSSR count). The smallest absolute Gasteiger partial charge is 0.244 e. The van der Waals surface area contributed by atoms with E-state index >= 15 is 0 Å². The Morgan fingerprint density at radius 3 is 2.23 bits per heavy atom. The molecule has 4 nitrogen and oxygen atoms in total. The molecule has 4 heteroatoms. The fraction of sp³-hybridized carbons (Fsp3) is 0.222. The molecule has 0 saturated carbocycles. The minimum atomic E-state index is -0.218. The zero-order chi connectivity index (χ0) is 16.1. The standard InChI is InChI=1S/C18H20N2O2/c1-13-8-10-16(11-9-13)20(15(3)21)12-18(22)19-17-7-5-4-6-14(17)2/h4-11H,12H2,1-3H3,(H,19,22). The Labute approximate surface area is 130 Å². The number of nitrogens with one attached hydrogen (secondary N) is 1. The highest BCUT2D eigenvalue weighted by molar-refractivity contribution is 6.02. The lowest BCUT2D eigenvalue weighted by atomic mass is 10.2. The lowest BCUT2D eigenvalue weighted by Crippen LogP contribution is -2.36. The maximum Gasteiger partial charge on any atom is 0.244 e. The number of anilines is 2. The van der Waals surface area contributed by atoms with Gasteiger partial charge in [-0.25, -0.2) is 0 Å². The van der Waals surface area contributed by atoms with Crippen molar-refractivity contribution in [2.75, 3.05) is 16.8 Å². The van der Waals surface area contributed by atoms with Gasteiger partial charge in [-0.1, -0.05) is 35.9 Å². The topological polar surface area (TPSA) is 49.4 Å². The van der Waals surface area contributed by atoms with Gasteiger partial charge in [0.2, 0.25) is 11.8 Å². The van der Waals surface area contributed by atoms with Crippen LogP contribution in [0.1, 0.15) is 18.1 Å². The van der Waals surface area contributed by atoms with E-state index in [0.717, 1.165) is 22.5 Å². The molecule has 0 radical (unpaired) electrons. The van der Waals surface area contributed by atoms with E-state index < -0.39 is 0 Å². The second-order valence-corrected chi connectivity index (χ2v) is 5.30. The quantitative estimate of drug-likeness (QED) is 0.941. The number of carbonyl (C=O) groups is 2. The summed E-state index contributed by atoms with van der Waals surface area (Å²) in [5.41, 5.74) is 3.58. The van der Waals surface area contributed by atoms with Crippen LogP contribution in [-0.4, -0.2) is 18.4 Å². The van der Waals surface area contributed by atoms with Gasteiger partial charge < -0.3 is 10.2 Å². The first-order chi connectivity index (χ1) is 10.5. The number of rotatable bonds is 4. The van der Waals surface area contributed by atoms with E-state index in [1.165, 1.54) is 11.8 Å². The minimum absolute atomic E-state index is 0.00721. The SMILES string of the molecule is CC(=O)N(CC(=O)Nc1ccccc1C)c1ccc(C)cc1. The van der Waals surface area contributed by atoms with Crippen molar-refractivity contribution < 1.29 is 9.59 Å². The van der Waals surface area contributed by atoms with Crippen molar-refractivity contribution >= 4 is 23.2 Å². The van der Waals surface area contributed by atoms with E-state index in [2.05, 4.69) is 5.32 Å². The maximum absolute atomic E-state index is 12.2. The Bertz CT molecular complexity index is 678. The number of hydrogen-bond acceptors (Lipinski definition) is 2. The molecule has 2 amide bonds. The monoisotopic (exact) mass is 296 g/mol. The van der Waals surface area contributed by atoms with Gasteiger partial charge >= 0.3 is 0 Å². The van der Waals surface area contributed by atoms with Gasteiger partial charge in [-0.15, -0.1) is 0 Å². The maximum atomic E-state index is 12.2. The molecule has 0 aliphatic heterocycles. The summed E-state index contributed by atoms with van der Waals surface area (Å²) in [4.78, 5) is 25.5. The number of aryl methyl sites for hydroxylation is 2. The van der Waals surface area contributed by atoms with Crippen LogP contribution in [0.15, 0.2) is 48.5 Å². The number of nitrogens with zero attached hydrogens (tertiary/aromatic N) is 1. The van der Waals surface area contributed by atoms with Crippen LogP contribution >= 0.6 is 0 Å². The molecular weight excluding hydrogens is 276 g/mol. The van der Waals surface area contributed by atoms with Crippen LogP contribution in [0.3, 0.4) is 0 Å². The molecule has 114 valence electrons. The largest absolute Gasteiger partial charge is 0.324 e. The highest BCUT2D eigenvalue weighted by atomic mass is 16.2. The van der Waals surface area contributed by atoms with Crippen LogP contribution in [0, 0.1) is 13.8 Å². The predicted molar refractivity (Wildman–Crippen MR) is 89.0 cm³/mol. The van der Waals surface area contributed by atoms with Gasteiger partial charge in [0, 0.05) is 18.3 Å². The van der Waals surface area contributed by atoms with Gasteiger partial charge in [-0.3, -0.25) is 9.59 Å². The van der Waals surface area contributed by atoms with E-state index in [1.807, 2.05) is 62.4 Å². The summed E-state index contributed by atoms with van der Waals surface area (Å²) in [6.07, 6.45) is 0. The first-order valence-corrected chi connectivity index (χ1v) is 7.17. The van der Waals surface area contributed by atoms with Gasteiger partial charge in [0.15, 0.2) is 0 Å². The Kier molecular flexibility index (Phi) is 4.94. The summed E-state index contributed by atoms with van der Waals surface area (Å²) in [5, 5.41) is 2.84. The summed E-state index contributed by atoms with van der Waals surface area (Å²) in [7, 11) is 0. The zero-order valence-corrected chi connectivity index (χ0v) is 13.1. The fourth-order valence-electron chi connectivity index (χ4n) is 2.16. The van der Waals surface area contributed by atoms with E-state index in [4.69, 9.17) is 0 Å². The number of hydrogen-bond donors (Lipinski definition) is 1. The molecular formula is C18H20N2O2. The van der Waals surface area contributed by atoms with Gasteiger partial charge in [0.1, 0.15) is 6.54 Å². The molecule has 0 spiro atoms. The second kappa shape index (κ2) is 6.89. The molecule has 0 heterocycles. The molecule has 1 N–H and O–H groups in total. The normalized spacial score (nSPS) is 10.1. The molecule has 0 fully saturated rings. The minimum Gasteiger partial charge on any atom is -0.324 e. The lowest BCUT2D eigenvalue weighted by Gasteiger charge is -2.21. The highest BCUT2D eigenvalue weighted by Crippen LogP contribution is 2.17. The van der Waals surface area contributed by atoms with Gasteiger partial charge in [0.05, 0.1) is 0 Å². The molecule has 0 unspecified atom stereocenters. The lowest BCUT2D eigenvalue weighted by molar-refractivity contribution is -0.120. The van der Waals surface area contributed by atoms with Gasteiger partial charge in [-0.05, 0) is 37.6 Å². The van der Waals surface area contributed by atoms with Crippen LogP contribution in [-0.2, 0) is 9.59 Å². The van der Waals surface area contributed by atoms with Gasteiger partial charge in [0.25, 0.3) is 0 Å². The van der Waals surface area contributed by atoms with Crippen molar-refractivity contribution in [2.45, 2.75) is 20.8 Å². The molecule has 0 saturated heterocycles. The molecule has 2 aromatic carbocycles. The molecule has 0 aliphatic carbocycles. The van der Waals surface area contributed by atoms with Crippen LogP contribution < -0.4 is 10.2 Å². The summed E-state index contributed by atoms with van der Waals surface area (Å²) in [6.45, 7) is 5.36. The molecule has 0 aromatic heterocycles. The van der Waals surface area contributed by atoms with Crippen LogP contribution in [0.2, 0.25) is 0 Å². The van der Waals surface area contributed by atoms with E-state index in [1.54, 1.807) is 0 Å². The Balaban J connectivity index is 2.11. The molecule has 2 aromatic rings. The van der Waals surface area contributed by atoms with Crippen LogP contribution in [0.4, 0.5) is 11.4 Å². The molecule has 0 bridgehead atoms. The third-order valence-electron chi connectivity index (χ3n) is 3.45. The molecule has 0 aliphatic rings. The Morgan fingerprint density at radius 2 is 1.64 bits per heavy atom. The Morgan fingerprint density at radius 1 is 1.00 bits per heavy atom. The first kappa shape index (κ1) is 15.8. The van der Waals surface area contributed by atoms with Crippen molar-refractivity contribution in [1.29, 1.82) is 0 Å². The molecule has 0 atom stereocenters. The van der Waals surface area contributed by atoms with Crippen molar-refractivity contribution in [3.05, 3.63) is 59.7 Å². The summed E-state index contributed by atoms with van der Waals surface area (Å²) < 4.78 is 0. The first-order valence-electron chi connectivity index (χ1n) is 7.17. The fourth-order valence-corrected chi connectivity index (χ4v) is 2.16. The average molecular weight is 296 g/mol. The van der Waals surface area contributed by atoms with E-state index in [9.17, 15) is 9.59 Å². The Hall–Kier alpha value is -2.62. The summed E-state index contributed by atoms with van der Waals surface area (Å²) in [6, 6.07) is 15.1. The number of carbonyl (C=O) groups excluding carboxylic acids is 2. The van der Waals surface area contributed by atoms with Crippen molar-refractivity contribution in [3.63, 3.8) is 0 Å². The van der Waals surface area contributed by atoms with Crippen molar-refractivity contribution in [2.24, 2.45) is 0 Å². The van der Waals surface area contributed by atoms with Gasteiger partial charge in [-0.2, -0.15) is 0 Å². The highest BCUT2D eigenvalue weighted by Gasteiger charge is 2.16. The van der Waals surface area contributed by atoms with E-state index in [-0.39, 0.29) is 18.4 Å². The van der Waals surface area contributed by atoms with Crippen LogP contribution in [0.5, 0.6) is 0 Å². The number of amides is 2. The molecule has 22 heavy (non-hydrogen) atoms.